The minimum absolute atomic E-state index is 0.195. The Balaban J connectivity index is 2.01. The molecule has 3 heterocycles. The van der Waals surface area contributed by atoms with E-state index in [0.717, 1.165) is 5.56 Å². The Morgan fingerprint density at radius 1 is 1.33 bits per heavy atom. The minimum Gasteiger partial charge on any atom is -0.485 e. The summed E-state index contributed by atoms with van der Waals surface area (Å²) >= 11 is 0. The van der Waals surface area contributed by atoms with E-state index in [0.29, 0.717) is 16.8 Å². The first-order valence-electron chi connectivity index (χ1n) is 6.22. The molecule has 0 N–H and O–H groups in total. The first kappa shape index (κ1) is 13.4. The molecule has 0 saturated carbocycles. The highest BCUT2D eigenvalue weighted by Crippen LogP contribution is 2.30. The normalized spacial score (nSPS) is 11.2. The number of hydrogen-bond acceptors (Lipinski definition) is 5. The number of alkyl halides is 2. The maximum atomic E-state index is 12.3. The summed E-state index contributed by atoms with van der Waals surface area (Å²) in [5.41, 5.74) is 2.39. The smallest absolute Gasteiger partial charge is 0.272 e. The number of nitrogens with zero attached hydrogens (tertiary/aromatic N) is 3. The molecule has 0 aliphatic rings. The van der Waals surface area contributed by atoms with E-state index >= 15 is 0 Å². The van der Waals surface area contributed by atoms with Crippen LogP contribution < -0.4 is 4.74 Å². The number of hydrogen-bond donors (Lipinski definition) is 0. The van der Waals surface area contributed by atoms with Gasteiger partial charge in [0, 0.05) is 12.4 Å². The van der Waals surface area contributed by atoms with Crippen LogP contribution in [-0.2, 0) is 0 Å². The lowest BCUT2D eigenvalue weighted by Gasteiger charge is -2.07. The fraction of sp³-hybridized carbons (Fsp3) is 0.214. The van der Waals surface area contributed by atoms with Crippen LogP contribution in [0.3, 0.4) is 0 Å². The molecule has 3 aromatic rings. The maximum Gasteiger partial charge on any atom is 0.272 e. The first-order valence-corrected chi connectivity index (χ1v) is 6.22. The van der Waals surface area contributed by atoms with Gasteiger partial charge in [0.05, 0.1) is 11.8 Å². The predicted molar refractivity (Wildman–Crippen MR) is 71.3 cm³/mol. The Labute approximate surface area is 118 Å². The van der Waals surface area contributed by atoms with Gasteiger partial charge in [0.1, 0.15) is 12.1 Å². The van der Waals surface area contributed by atoms with Crippen LogP contribution in [-0.4, -0.2) is 28.0 Å². The highest BCUT2D eigenvalue weighted by molar-refractivity contribution is 5.74. The largest absolute Gasteiger partial charge is 0.485 e. The Bertz CT molecular complexity index is 774. The lowest BCUT2D eigenvalue weighted by atomic mass is 10.2. The van der Waals surface area contributed by atoms with Crippen molar-refractivity contribution in [2.45, 2.75) is 13.3 Å². The van der Waals surface area contributed by atoms with Crippen LogP contribution in [0.2, 0.25) is 0 Å². The van der Waals surface area contributed by atoms with Crippen molar-refractivity contribution in [2.24, 2.45) is 0 Å². The topological polar surface area (TPSA) is 61.0 Å². The Hall–Kier alpha value is -2.57. The van der Waals surface area contributed by atoms with Crippen molar-refractivity contribution in [3.8, 4) is 17.2 Å². The standard InChI is InChI=1S/C14H11F2N3O2/c1-8-4-10-14(18-5-8)21-13(19-10)9-2-3-17-6-11(9)20-7-12(15)16/h2-6,12H,7H2,1H3. The Morgan fingerprint density at radius 2 is 2.19 bits per heavy atom. The minimum atomic E-state index is -2.56. The average molecular weight is 291 g/mol. The summed E-state index contributed by atoms with van der Waals surface area (Å²) in [6, 6.07) is 3.43. The van der Waals surface area contributed by atoms with Crippen molar-refractivity contribution in [1.82, 2.24) is 15.0 Å². The van der Waals surface area contributed by atoms with Crippen molar-refractivity contribution in [1.29, 1.82) is 0 Å². The lowest BCUT2D eigenvalue weighted by Crippen LogP contribution is -2.07. The number of halogens is 2. The van der Waals surface area contributed by atoms with E-state index in [1.807, 2.05) is 13.0 Å². The molecule has 0 aromatic carbocycles. The van der Waals surface area contributed by atoms with E-state index in [1.54, 1.807) is 12.3 Å². The van der Waals surface area contributed by atoms with Gasteiger partial charge in [-0.1, -0.05) is 0 Å². The zero-order valence-electron chi connectivity index (χ0n) is 11.1. The fourth-order valence-corrected chi connectivity index (χ4v) is 1.86. The van der Waals surface area contributed by atoms with Gasteiger partial charge in [0.15, 0.2) is 5.75 Å². The summed E-state index contributed by atoms with van der Waals surface area (Å²) in [6.07, 6.45) is 1.97. The van der Waals surface area contributed by atoms with Gasteiger partial charge >= 0.3 is 0 Å². The highest BCUT2D eigenvalue weighted by atomic mass is 19.3. The molecule has 0 spiro atoms. The molecule has 0 fully saturated rings. The van der Waals surface area contributed by atoms with Gasteiger partial charge in [-0.15, -0.1) is 0 Å². The molecule has 0 atom stereocenters. The lowest BCUT2D eigenvalue weighted by molar-refractivity contribution is 0.0819. The summed E-state index contributed by atoms with van der Waals surface area (Å²) in [6.45, 7) is 1.18. The van der Waals surface area contributed by atoms with Crippen LogP contribution in [0.15, 0.2) is 35.1 Å². The third-order valence-electron chi connectivity index (χ3n) is 2.76. The average Bonchev–Trinajstić information content (AvgIpc) is 2.88. The van der Waals surface area contributed by atoms with Crippen molar-refractivity contribution in [3.63, 3.8) is 0 Å². The van der Waals surface area contributed by atoms with Gasteiger partial charge in [-0.25, -0.2) is 18.7 Å². The molecule has 0 aliphatic heterocycles. The molecule has 21 heavy (non-hydrogen) atoms. The Kier molecular flexibility index (Phi) is 3.47. The summed E-state index contributed by atoms with van der Waals surface area (Å²) < 4.78 is 35.1. The molecule has 0 saturated heterocycles. The van der Waals surface area contributed by atoms with Crippen LogP contribution in [0, 0.1) is 6.92 Å². The number of aryl methyl sites for hydroxylation is 1. The highest BCUT2D eigenvalue weighted by Gasteiger charge is 2.15. The molecule has 7 heteroatoms. The maximum absolute atomic E-state index is 12.3. The molecule has 5 nitrogen and oxygen atoms in total. The quantitative estimate of drug-likeness (QED) is 0.738. The van der Waals surface area contributed by atoms with Crippen LogP contribution in [0.5, 0.6) is 5.75 Å². The second kappa shape index (κ2) is 5.43. The zero-order chi connectivity index (χ0) is 14.8. The number of rotatable bonds is 4. The van der Waals surface area contributed by atoms with Gasteiger partial charge in [-0.2, -0.15) is 0 Å². The van der Waals surface area contributed by atoms with Crippen LogP contribution in [0.1, 0.15) is 5.56 Å². The van der Waals surface area contributed by atoms with Gasteiger partial charge in [-0.05, 0) is 24.6 Å². The number of aromatic nitrogens is 3. The van der Waals surface area contributed by atoms with E-state index < -0.39 is 13.0 Å². The molecular formula is C14H11F2N3O2. The summed E-state index contributed by atoms with van der Waals surface area (Å²) in [5, 5.41) is 0. The monoisotopic (exact) mass is 291 g/mol. The van der Waals surface area contributed by atoms with Crippen molar-refractivity contribution in [3.05, 3.63) is 36.3 Å². The number of pyridine rings is 2. The van der Waals surface area contributed by atoms with Gasteiger partial charge in [-0.3, -0.25) is 4.98 Å². The van der Waals surface area contributed by atoms with Crippen LogP contribution in [0.25, 0.3) is 22.7 Å². The molecule has 0 amide bonds. The number of ether oxygens (including phenoxy) is 1. The van der Waals surface area contributed by atoms with Gasteiger partial charge in [0.2, 0.25) is 11.6 Å². The molecule has 0 aliphatic carbocycles. The molecule has 0 unspecified atom stereocenters. The summed E-state index contributed by atoms with van der Waals surface area (Å²) in [4.78, 5) is 12.3. The number of oxazole rings is 1. The van der Waals surface area contributed by atoms with Crippen molar-refractivity contribution < 1.29 is 17.9 Å². The SMILES string of the molecule is Cc1cnc2oc(-c3ccncc3OCC(F)F)nc2c1. The third kappa shape index (κ3) is 2.81. The van der Waals surface area contributed by atoms with Crippen LogP contribution in [0.4, 0.5) is 8.78 Å². The first-order chi connectivity index (χ1) is 10.1. The molecule has 3 aromatic heterocycles. The third-order valence-corrected chi connectivity index (χ3v) is 2.76. The molecule has 0 radical (unpaired) electrons. The molecular weight excluding hydrogens is 280 g/mol. The van der Waals surface area contributed by atoms with E-state index in [4.69, 9.17) is 9.15 Å². The van der Waals surface area contributed by atoms with Gasteiger partial charge < -0.3 is 9.15 Å². The molecule has 108 valence electrons. The van der Waals surface area contributed by atoms with Gasteiger partial charge in [0.25, 0.3) is 6.43 Å². The Morgan fingerprint density at radius 3 is 3.00 bits per heavy atom. The molecule has 0 bridgehead atoms. The van der Waals surface area contributed by atoms with E-state index in [2.05, 4.69) is 15.0 Å². The van der Waals surface area contributed by atoms with E-state index in [-0.39, 0.29) is 11.6 Å². The fourth-order valence-electron chi connectivity index (χ4n) is 1.86. The van der Waals surface area contributed by atoms with E-state index in [9.17, 15) is 8.78 Å². The zero-order valence-corrected chi connectivity index (χ0v) is 11.1. The van der Waals surface area contributed by atoms with Crippen molar-refractivity contribution >= 4 is 11.2 Å². The van der Waals surface area contributed by atoms with Crippen molar-refractivity contribution in [2.75, 3.05) is 6.61 Å². The van der Waals surface area contributed by atoms with E-state index in [1.165, 1.54) is 12.4 Å². The summed E-state index contributed by atoms with van der Waals surface area (Å²) in [7, 11) is 0. The summed E-state index contributed by atoms with van der Waals surface area (Å²) in [5.74, 6) is 0.454. The second-order valence-corrected chi connectivity index (χ2v) is 4.43. The molecule has 3 rings (SSSR count). The number of fused-ring (bicyclic) bond motifs is 1. The van der Waals surface area contributed by atoms with Crippen LogP contribution >= 0.6 is 0 Å². The second-order valence-electron chi connectivity index (χ2n) is 4.43. The predicted octanol–water partition coefficient (Wildman–Crippen LogP) is 3.24.